The van der Waals surface area contributed by atoms with Crippen LogP contribution in [0.4, 0.5) is 0 Å². The predicted octanol–water partition coefficient (Wildman–Crippen LogP) is 4.24. The maximum absolute atomic E-state index is 6.21. The van der Waals surface area contributed by atoms with Crippen LogP contribution in [0.25, 0.3) is 16.7 Å². The molecule has 1 aromatic carbocycles. The van der Waals surface area contributed by atoms with Crippen LogP contribution in [-0.2, 0) is 6.42 Å². The van der Waals surface area contributed by atoms with Crippen molar-refractivity contribution < 1.29 is 0 Å². The van der Waals surface area contributed by atoms with Crippen molar-refractivity contribution in [2.45, 2.75) is 6.42 Å². The van der Waals surface area contributed by atoms with Crippen molar-refractivity contribution in [1.82, 2.24) is 19.6 Å². The summed E-state index contributed by atoms with van der Waals surface area (Å²) in [5, 5.41) is 11.4. The summed E-state index contributed by atoms with van der Waals surface area (Å²) in [4.78, 5) is 5.56. The van der Waals surface area contributed by atoms with Crippen molar-refractivity contribution in [1.29, 1.82) is 0 Å². The Kier molecular flexibility index (Phi) is 3.06. The Morgan fingerprint density at radius 3 is 2.86 bits per heavy atom. The number of benzene rings is 1. The molecule has 0 radical (unpaired) electrons. The van der Waals surface area contributed by atoms with Crippen molar-refractivity contribution in [3.63, 3.8) is 0 Å². The van der Waals surface area contributed by atoms with Crippen LogP contribution in [0.15, 0.2) is 35.7 Å². The van der Waals surface area contributed by atoms with Gasteiger partial charge in [-0.2, -0.15) is 0 Å². The van der Waals surface area contributed by atoms with Crippen LogP contribution in [0.1, 0.15) is 10.7 Å². The minimum atomic E-state index is 0.342. The maximum Gasteiger partial charge on any atom is 0.199 e. The molecule has 0 aliphatic rings. The lowest BCUT2D eigenvalue weighted by molar-refractivity contribution is 0.958. The van der Waals surface area contributed by atoms with Crippen LogP contribution >= 0.6 is 34.5 Å². The Morgan fingerprint density at radius 2 is 2.05 bits per heavy atom. The molecule has 0 spiro atoms. The third-order valence-electron chi connectivity index (χ3n) is 3.22. The van der Waals surface area contributed by atoms with Crippen molar-refractivity contribution in [3.05, 3.63) is 56.6 Å². The molecule has 3 heterocycles. The molecule has 0 unspecified atom stereocenters. The highest BCUT2D eigenvalue weighted by molar-refractivity contribution is 7.09. The van der Waals surface area contributed by atoms with Crippen molar-refractivity contribution in [3.8, 4) is 0 Å². The van der Waals surface area contributed by atoms with E-state index in [-0.39, 0.29) is 0 Å². The van der Waals surface area contributed by atoms with Gasteiger partial charge in [-0.05, 0) is 29.6 Å². The third-order valence-corrected chi connectivity index (χ3v) is 4.59. The maximum atomic E-state index is 6.21. The summed E-state index contributed by atoms with van der Waals surface area (Å²) < 4.78 is 1.93. The molecule has 0 aliphatic heterocycles. The van der Waals surface area contributed by atoms with E-state index in [9.17, 15) is 0 Å². The van der Waals surface area contributed by atoms with Crippen LogP contribution in [0.3, 0.4) is 0 Å². The zero-order valence-electron chi connectivity index (χ0n) is 10.6. The lowest BCUT2D eigenvalue weighted by atomic mass is 10.3. The van der Waals surface area contributed by atoms with Gasteiger partial charge in [-0.1, -0.05) is 29.3 Å². The molecule has 0 saturated heterocycles. The summed E-state index contributed by atoms with van der Waals surface area (Å²) in [5.74, 6) is 0.823. The highest BCUT2D eigenvalue weighted by atomic mass is 35.5. The minimum absolute atomic E-state index is 0.342. The number of fused-ring (bicyclic) bond motifs is 3. The standard InChI is InChI=1S/C14H8Cl2N4S/c15-8-3-4-10-11(6-8)20-12(7-9-2-1-5-21-9)18-19-14(20)13(16)17-10/h1-6H,7H2. The molecule has 3 aromatic heterocycles. The highest BCUT2D eigenvalue weighted by Crippen LogP contribution is 2.25. The minimum Gasteiger partial charge on any atom is -0.274 e. The summed E-state index contributed by atoms with van der Waals surface area (Å²) in [6.45, 7) is 0. The van der Waals surface area contributed by atoms with Gasteiger partial charge >= 0.3 is 0 Å². The number of aromatic nitrogens is 4. The van der Waals surface area contributed by atoms with E-state index in [4.69, 9.17) is 23.2 Å². The summed E-state index contributed by atoms with van der Waals surface area (Å²) in [5.41, 5.74) is 2.18. The van der Waals surface area contributed by atoms with Crippen LogP contribution in [0.2, 0.25) is 10.2 Å². The smallest absolute Gasteiger partial charge is 0.199 e. The van der Waals surface area contributed by atoms with E-state index in [1.54, 1.807) is 17.4 Å². The average Bonchev–Trinajstić information content (AvgIpc) is 3.11. The summed E-state index contributed by atoms with van der Waals surface area (Å²) >= 11 is 14.0. The quantitative estimate of drug-likeness (QED) is 0.550. The molecule has 0 atom stereocenters. The van der Waals surface area contributed by atoms with E-state index in [0.29, 0.717) is 22.2 Å². The molecule has 21 heavy (non-hydrogen) atoms. The van der Waals surface area contributed by atoms with E-state index in [2.05, 4.69) is 21.2 Å². The molecule has 7 heteroatoms. The first-order valence-electron chi connectivity index (χ1n) is 6.23. The Labute approximate surface area is 134 Å². The molecule has 0 fully saturated rings. The molecule has 0 amide bonds. The fraction of sp³-hybridized carbons (Fsp3) is 0.0714. The Balaban J connectivity index is 2.03. The molecule has 0 saturated carbocycles. The van der Waals surface area contributed by atoms with Crippen LogP contribution in [-0.4, -0.2) is 19.6 Å². The van der Waals surface area contributed by atoms with E-state index < -0.39 is 0 Å². The molecule has 0 aliphatic carbocycles. The van der Waals surface area contributed by atoms with Gasteiger partial charge < -0.3 is 0 Å². The summed E-state index contributed by atoms with van der Waals surface area (Å²) in [6.07, 6.45) is 0.695. The van der Waals surface area contributed by atoms with Gasteiger partial charge in [0, 0.05) is 16.3 Å². The van der Waals surface area contributed by atoms with Crippen LogP contribution in [0.5, 0.6) is 0 Å². The molecule has 104 valence electrons. The van der Waals surface area contributed by atoms with E-state index in [1.807, 2.05) is 28.0 Å². The second-order valence-electron chi connectivity index (χ2n) is 4.57. The Morgan fingerprint density at radius 1 is 1.14 bits per heavy atom. The molecule has 0 bridgehead atoms. The second-order valence-corrected chi connectivity index (χ2v) is 6.39. The lowest BCUT2D eigenvalue weighted by Gasteiger charge is -2.05. The number of nitrogens with zero attached hydrogens (tertiary/aromatic N) is 4. The highest BCUT2D eigenvalue weighted by Gasteiger charge is 2.14. The molecule has 4 nitrogen and oxygen atoms in total. The van der Waals surface area contributed by atoms with Crippen LogP contribution in [0, 0.1) is 0 Å². The first kappa shape index (κ1) is 13.0. The number of hydrogen-bond acceptors (Lipinski definition) is 4. The fourth-order valence-electron chi connectivity index (χ4n) is 2.31. The van der Waals surface area contributed by atoms with E-state index in [0.717, 1.165) is 16.9 Å². The summed E-state index contributed by atoms with van der Waals surface area (Å²) in [7, 11) is 0. The van der Waals surface area contributed by atoms with Gasteiger partial charge in [-0.15, -0.1) is 21.5 Å². The van der Waals surface area contributed by atoms with Gasteiger partial charge in [-0.25, -0.2) is 4.98 Å². The van der Waals surface area contributed by atoms with Gasteiger partial charge in [0.1, 0.15) is 5.82 Å². The number of rotatable bonds is 2. The van der Waals surface area contributed by atoms with Crippen molar-refractivity contribution in [2.24, 2.45) is 0 Å². The zero-order valence-corrected chi connectivity index (χ0v) is 13.0. The van der Waals surface area contributed by atoms with Crippen LogP contribution < -0.4 is 0 Å². The molecule has 4 rings (SSSR count). The predicted molar refractivity (Wildman–Crippen MR) is 85.4 cm³/mol. The topological polar surface area (TPSA) is 43.1 Å². The normalized spacial score (nSPS) is 11.5. The summed E-state index contributed by atoms with van der Waals surface area (Å²) in [6, 6.07) is 9.59. The SMILES string of the molecule is Clc1ccc2nc(Cl)c3nnc(Cc4cccs4)n3c2c1. The Bertz CT molecular complexity index is 947. The molecular weight excluding hydrogens is 327 g/mol. The largest absolute Gasteiger partial charge is 0.274 e. The first-order valence-corrected chi connectivity index (χ1v) is 7.87. The van der Waals surface area contributed by atoms with Crippen molar-refractivity contribution >= 4 is 51.2 Å². The monoisotopic (exact) mass is 334 g/mol. The second kappa shape index (κ2) is 4.94. The van der Waals surface area contributed by atoms with E-state index in [1.165, 1.54) is 4.88 Å². The molecule has 0 N–H and O–H groups in total. The number of halogens is 2. The van der Waals surface area contributed by atoms with Gasteiger partial charge in [0.2, 0.25) is 0 Å². The zero-order chi connectivity index (χ0) is 14.4. The first-order chi connectivity index (χ1) is 10.2. The van der Waals surface area contributed by atoms with Gasteiger partial charge in [0.05, 0.1) is 11.0 Å². The lowest BCUT2D eigenvalue weighted by Crippen LogP contribution is -1.99. The number of hydrogen-bond donors (Lipinski definition) is 0. The number of thiophene rings is 1. The average molecular weight is 335 g/mol. The van der Waals surface area contributed by atoms with Crippen molar-refractivity contribution in [2.75, 3.05) is 0 Å². The fourth-order valence-corrected chi connectivity index (χ4v) is 3.39. The van der Waals surface area contributed by atoms with Gasteiger partial charge in [0.15, 0.2) is 10.8 Å². The third kappa shape index (κ3) is 2.18. The molecule has 4 aromatic rings. The molecular formula is C14H8Cl2N4S. The van der Waals surface area contributed by atoms with Gasteiger partial charge in [0.25, 0.3) is 0 Å². The Hall–Kier alpha value is -1.69. The van der Waals surface area contributed by atoms with Gasteiger partial charge in [-0.3, -0.25) is 4.40 Å². The van der Waals surface area contributed by atoms with E-state index >= 15 is 0 Å².